The van der Waals surface area contributed by atoms with E-state index in [-0.39, 0.29) is 16.7 Å². The Morgan fingerprint density at radius 2 is 2.08 bits per heavy atom. The molecule has 0 radical (unpaired) electrons. The van der Waals surface area contributed by atoms with Crippen molar-refractivity contribution in [3.8, 4) is 0 Å². The van der Waals surface area contributed by atoms with E-state index in [1.165, 1.54) is 17.8 Å². The number of nitrogens with one attached hydrogen (secondary N) is 1. The maximum absolute atomic E-state index is 12.6. The van der Waals surface area contributed by atoms with Crippen LogP contribution in [0.2, 0.25) is 0 Å². The van der Waals surface area contributed by atoms with Crippen LogP contribution in [0, 0.1) is 0 Å². The van der Waals surface area contributed by atoms with Crippen LogP contribution in [0.3, 0.4) is 0 Å². The first-order chi connectivity index (χ1) is 11.3. The van der Waals surface area contributed by atoms with E-state index in [0.29, 0.717) is 18.1 Å². The molecule has 128 valence electrons. The van der Waals surface area contributed by atoms with E-state index >= 15 is 0 Å². The Morgan fingerprint density at radius 3 is 2.71 bits per heavy atom. The fourth-order valence-corrected chi connectivity index (χ4v) is 4.04. The first-order valence-corrected chi connectivity index (χ1v) is 9.21. The Kier molecular flexibility index (Phi) is 4.08. The smallest absolute Gasteiger partial charge is 0.263 e. The number of sulfonamides is 1. The van der Waals surface area contributed by atoms with Gasteiger partial charge in [-0.25, -0.2) is 8.42 Å². The number of anilines is 2. The number of benzene rings is 1. The molecular weight excluding hydrogens is 328 g/mol. The van der Waals surface area contributed by atoms with Crippen molar-refractivity contribution in [2.24, 2.45) is 7.05 Å². The number of hydrogen-bond donors (Lipinski definition) is 1. The fraction of sp³-hybridized carbons (Fsp3) is 0.375. The second kappa shape index (κ2) is 5.94. The average Bonchev–Trinajstić information content (AvgIpc) is 2.91. The molecule has 0 spiro atoms. The lowest BCUT2D eigenvalue weighted by atomic mass is 9.91. The molecule has 24 heavy (non-hydrogen) atoms. The van der Waals surface area contributed by atoms with Gasteiger partial charge in [0.25, 0.3) is 10.0 Å². The number of rotatable bonds is 3. The van der Waals surface area contributed by atoms with Crippen LogP contribution < -0.4 is 9.62 Å². The van der Waals surface area contributed by atoms with Gasteiger partial charge in [0, 0.05) is 32.3 Å². The van der Waals surface area contributed by atoms with E-state index in [0.717, 1.165) is 12.0 Å². The summed E-state index contributed by atoms with van der Waals surface area (Å²) in [7, 11) is -2.10. The van der Waals surface area contributed by atoms with Gasteiger partial charge in [0.2, 0.25) is 5.91 Å². The first kappa shape index (κ1) is 16.5. The Bertz CT molecular complexity index is 888. The van der Waals surface area contributed by atoms with Gasteiger partial charge in [-0.15, -0.1) is 0 Å². The van der Waals surface area contributed by atoms with Gasteiger partial charge in [0.15, 0.2) is 0 Å². The van der Waals surface area contributed by atoms with Gasteiger partial charge in [-0.05, 0) is 30.0 Å². The van der Waals surface area contributed by atoms with Gasteiger partial charge in [0.05, 0.1) is 11.1 Å². The van der Waals surface area contributed by atoms with E-state index in [2.05, 4.69) is 16.7 Å². The van der Waals surface area contributed by atoms with Gasteiger partial charge in [0.1, 0.15) is 5.82 Å². The zero-order chi connectivity index (χ0) is 17.5. The van der Waals surface area contributed by atoms with Crippen LogP contribution >= 0.6 is 0 Å². The van der Waals surface area contributed by atoms with Gasteiger partial charge < -0.3 is 4.90 Å². The molecular formula is C16H20N4O3S. The highest BCUT2D eigenvalue weighted by molar-refractivity contribution is 7.92. The molecule has 3 rings (SSSR count). The molecule has 0 saturated heterocycles. The van der Waals surface area contributed by atoms with Crippen LogP contribution in [0.15, 0.2) is 35.4 Å². The van der Waals surface area contributed by atoms with Crippen LogP contribution in [0.1, 0.15) is 31.7 Å². The highest BCUT2D eigenvalue weighted by atomic mass is 32.2. The lowest BCUT2D eigenvalue weighted by Gasteiger charge is -2.32. The standard InChI is InChI=1S/C16H20N4O3S/c1-11-7-9-20(12(2)21)15-10-13(4-5-14(11)15)24(22,23)18-16-6-8-17-19(16)3/h4-6,8,10-11,18H,7,9H2,1-3H3. The van der Waals surface area contributed by atoms with E-state index < -0.39 is 10.0 Å². The van der Waals surface area contributed by atoms with E-state index in [9.17, 15) is 13.2 Å². The molecule has 2 aromatic rings. The molecule has 1 aromatic heterocycles. The molecule has 0 aliphatic carbocycles. The number of fused-ring (bicyclic) bond motifs is 1. The van der Waals surface area contributed by atoms with Gasteiger partial charge in [-0.2, -0.15) is 5.10 Å². The SMILES string of the molecule is CC(=O)N1CCC(C)c2ccc(S(=O)(=O)Nc3ccnn3C)cc21. The molecule has 0 bridgehead atoms. The topological polar surface area (TPSA) is 84.3 Å². The minimum absolute atomic E-state index is 0.0858. The van der Waals surface area contributed by atoms with Crippen molar-refractivity contribution in [3.05, 3.63) is 36.0 Å². The van der Waals surface area contributed by atoms with Gasteiger partial charge >= 0.3 is 0 Å². The molecule has 7 nitrogen and oxygen atoms in total. The second-order valence-corrected chi connectivity index (χ2v) is 7.71. The number of carbonyl (C=O) groups excluding carboxylic acids is 1. The predicted octanol–water partition coefficient (Wildman–Crippen LogP) is 2.08. The Balaban J connectivity index is 2.02. The van der Waals surface area contributed by atoms with E-state index in [4.69, 9.17) is 0 Å². The predicted molar refractivity (Wildman–Crippen MR) is 91.5 cm³/mol. The molecule has 2 heterocycles. The van der Waals surface area contributed by atoms with Crippen molar-refractivity contribution in [2.45, 2.75) is 31.1 Å². The normalized spacial score (nSPS) is 17.5. The van der Waals surface area contributed by atoms with Crippen LogP contribution in [0.4, 0.5) is 11.5 Å². The Labute approximate surface area is 141 Å². The molecule has 0 fully saturated rings. The first-order valence-electron chi connectivity index (χ1n) is 7.72. The lowest BCUT2D eigenvalue weighted by Crippen LogP contribution is -2.34. The summed E-state index contributed by atoms with van der Waals surface area (Å²) in [5, 5.41) is 3.95. The highest BCUT2D eigenvalue weighted by Gasteiger charge is 2.27. The summed E-state index contributed by atoms with van der Waals surface area (Å²) < 4.78 is 29.2. The summed E-state index contributed by atoms with van der Waals surface area (Å²) in [5.74, 6) is 0.583. The fourth-order valence-electron chi connectivity index (χ4n) is 2.94. The molecule has 1 aromatic carbocycles. The summed E-state index contributed by atoms with van der Waals surface area (Å²) in [5.41, 5.74) is 1.67. The van der Waals surface area contributed by atoms with Crippen molar-refractivity contribution in [1.29, 1.82) is 0 Å². The van der Waals surface area contributed by atoms with E-state index in [1.54, 1.807) is 36.2 Å². The second-order valence-electron chi connectivity index (χ2n) is 6.03. The summed E-state index contributed by atoms with van der Waals surface area (Å²) >= 11 is 0. The number of amides is 1. The number of carbonyl (C=O) groups is 1. The highest BCUT2D eigenvalue weighted by Crippen LogP contribution is 2.36. The number of aromatic nitrogens is 2. The monoisotopic (exact) mass is 348 g/mol. The number of hydrogen-bond acceptors (Lipinski definition) is 4. The molecule has 1 aliphatic heterocycles. The van der Waals surface area contributed by atoms with Crippen LogP contribution in [0.25, 0.3) is 0 Å². The van der Waals surface area contributed by atoms with Crippen LogP contribution in [0.5, 0.6) is 0 Å². The quantitative estimate of drug-likeness (QED) is 0.920. The van der Waals surface area contributed by atoms with Crippen LogP contribution in [-0.4, -0.2) is 30.7 Å². The number of nitrogens with zero attached hydrogens (tertiary/aromatic N) is 3. The largest absolute Gasteiger partial charge is 0.312 e. The molecule has 1 aliphatic rings. The molecule has 1 amide bonds. The summed E-state index contributed by atoms with van der Waals surface area (Å²) in [6.07, 6.45) is 2.38. The minimum atomic E-state index is -3.75. The van der Waals surface area contributed by atoms with Crippen molar-refractivity contribution in [1.82, 2.24) is 9.78 Å². The van der Waals surface area contributed by atoms with Crippen molar-refractivity contribution in [3.63, 3.8) is 0 Å². The zero-order valence-corrected chi connectivity index (χ0v) is 14.7. The molecule has 0 saturated carbocycles. The van der Waals surface area contributed by atoms with Crippen molar-refractivity contribution >= 4 is 27.4 Å². The van der Waals surface area contributed by atoms with Gasteiger partial charge in [-0.1, -0.05) is 13.0 Å². The molecule has 1 atom stereocenters. The summed E-state index contributed by atoms with van der Waals surface area (Å²) in [6.45, 7) is 4.18. The summed E-state index contributed by atoms with van der Waals surface area (Å²) in [6, 6.07) is 6.54. The third-order valence-electron chi connectivity index (χ3n) is 4.36. The maximum Gasteiger partial charge on any atom is 0.263 e. The molecule has 1 unspecified atom stereocenters. The minimum Gasteiger partial charge on any atom is -0.312 e. The number of aryl methyl sites for hydroxylation is 1. The lowest BCUT2D eigenvalue weighted by molar-refractivity contribution is -0.116. The van der Waals surface area contributed by atoms with Crippen molar-refractivity contribution in [2.75, 3.05) is 16.2 Å². The van der Waals surface area contributed by atoms with E-state index in [1.807, 2.05) is 0 Å². The third-order valence-corrected chi connectivity index (χ3v) is 5.71. The third kappa shape index (κ3) is 2.89. The molecule has 1 N–H and O–H groups in total. The van der Waals surface area contributed by atoms with Crippen molar-refractivity contribution < 1.29 is 13.2 Å². The maximum atomic E-state index is 12.6. The zero-order valence-electron chi connectivity index (χ0n) is 13.9. The Morgan fingerprint density at radius 1 is 1.33 bits per heavy atom. The van der Waals surface area contributed by atoms with Gasteiger partial charge in [-0.3, -0.25) is 14.2 Å². The Hall–Kier alpha value is -2.35. The summed E-state index contributed by atoms with van der Waals surface area (Å²) in [4.78, 5) is 13.6. The molecule has 8 heteroatoms. The average molecular weight is 348 g/mol. The van der Waals surface area contributed by atoms with Crippen LogP contribution in [-0.2, 0) is 21.9 Å².